The van der Waals surface area contributed by atoms with Gasteiger partial charge in [-0.15, -0.1) is 0 Å². The van der Waals surface area contributed by atoms with Gasteiger partial charge in [-0.2, -0.15) is 4.98 Å². The number of rotatable bonds is 6. The van der Waals surface area contributed by atoms with Crippen molar-refractivity contribution in [1.82, 2.24) is 15.0 Å². The molecule has 1 aromatic heterocycles. The van der Waals surface area contributed by atoms with Crippen LogP contribution in [-0.4, -0.2) is 53.7 Å². The van der Waals surface area contributed by atoms with Crippen molar-refractivity contribution in [3.63, 3.8) is 0 Å². The molecule has 0 spiro atoms. The van der Waals surface area contributed by atoms with Gasteiger partial charge in [0.15, 0.2) is 0 Å². The van der Waals surface area contributed by atoms with E-state index in [2.05, 4.69) is 10.1 Å². The minimum absolute atomic E-state index is 0.0126. The van der Waals surface area contributed by atoms with E-state index in [4.69, 9.17) is 14.0 Å². The first-order valence-electron chi connectivity index (χ1n) is 9.02. The predicted octanol–water partition coefficient (Wildman–Crippen LogP) is 2.09. The van der Waals surface area contributed by atoms with Gasteiger partial charge in [-0.3, -0.25) is 9.59 Å². The van der Waals surface area contributed by atoms with E-state index >= 15 is 0 Å². The van der Waals surface area contributed by atoms with Crippen LogP contribution >= 0.6 is 0 Å². The topological polar surface area (TPSA) is 94.8 Å². The van der Waals surface area contributed by atoms with Crippen LogP contribution in [0.4, 0.5) is 0 Å². The summed E-state index contributed by atoms with van der Waals surface area (Å²) in [6.07, 6.45) is 1.53. The lowest BCUT2D eigenvalue weighted by Gasteiger charge is -2.31. The van der Waals surface area contributed by atoms with Crippen LogP contribution in [0.2, 0.25) is 0 Å². The fourth-order valence-corrected chi connectivity index (χ4v) is 3.08. The van der Waals surface area contributed by atoms with Gasteiger partial charge in [-0.05, 0) is 44.0 Å². The minimum atomic E-state index is -0.264. The van der Waals surface area contributed by atoms with Crippen molar-refractivity contribution in [3.05, 3.63) is 30.2 Å². The van der Waals surface area contributed by atoms with Crippen molar-refractivity contribution in [2.75, 3.05) is 26.8 Å². The minimum Gasteiger partial charge on any atom is -0.497 e. The molecule has 144 valence electrons. The van der Waals surface area contributed by atoms with Crippen LogP contribution in [0.25, 0.3) is 11.4 Å². The molecule has 1 aliphatic rings. The van der Waals surface area contributed by atoms with Crippen molar-refractivity contribution in [3.8, 4) is 17.1 Å². The molecular formula is C19H23N3O5. The summed E-state index contributed by atoms with van der Waals surface area (Å²) in [4.78, 5) is 30.4. The third-order valence-corrected chi connectivity index (χ3v) is 4.51. The van der Waals surface area contributed by atoms with Crippen LogP contribution in [0.1, 0.15) is 25.7 Å². The number of hydrogen-bond acceptors (Lipinski definition) is 7. The third kappa shape index (κ3) is 4.64. The van der Waals surface area contributed by atoms with Gasteiger partial charge in [-0.25, -0.2) is 0 Å². The van der Waals surface area contributed by atoms with Crippen molar-refractivity contribution in [2.45, 2.75) is 26.2 Å². The Morgan fingerprint density at radius 3 is 2.78 bits per heavy atom. The second-order valence-electron chi connectivity index (χ2n) is 6.35. The van der Waals surface area contributed by atoms with Crippen molar-refractivity contribution < 1.29 is 23.6 Å². The number of likely N-dealkylation sites (tertiary alicyclic amines) is 1. The van der Waals surface area contributed by atoms with E-state index in [0.29, 0.717) is 25.5 Å². The molecule has 0 aliphatic carbocycles. The molecule has 1 saturated heterocycles. The first-order chi connectivity index (χ1) is 13.1. The maximum absolute atomic E-state index is 12.6. The zero-order valence-corrected chi connectivity index (χ0v) is 15.5. The summed E-state index contributed by atoms with van der Waals surface area (Å²) in [5.41, 5.74) is 0.776. The number of benzene rings is 1. The Morgan fingerprint density at radius 1 is 1.30 bits per heavy atom. The molecule has 3 rings (SSSR count). The number of amides is 1. The van der Waals surface area contributed by atoms with Crippen molar-refractivity contribution >= 4 is 11.9 Å². The summed E-state index contributed by atoms with van der Waals surface area (Å²) in [5, 5.41) is 3.94. The number of carbonyl (C=O) groups excluding carboxylic acids is 2. The van der Waals surface area contributed by atoms with Crippen LogP contribution in [0.3, 0.4) is 0 Å². The highest BCUT2D eigenvalue weighted by molar-refractivity contribution is 5.79. The zero-order valence-electron chi connectivity index (χ0n) is 15.5. The molecule has 8 nitrogen and oxygen atoms in total. The highest BCUT2D eigenvalue weighted by Crippen LogP contribution is 2.21. The second kappa shape index (κ2) is 8.66. The van der Waals surface area contributed by atoms with Crippen LogP contribution < -0.4 is 4.74 Å². The molecule has 1 unspecified atom stereocenters. The Morgan fingerprint density at radius 2 is 2.07 bits per heavy atom. The Kier molecular flexibility index (Phi) is 6.05. The van der Waals surface area contributed by atoms with Gasteiger partial charge in [0.25, 0.3) is 0 Å². The molecule has 1 aromatic carbocycles. The van der Waals surface area contributed by atoms with Crippen LogP contribution in [0.5, 0.6) is 5.75 Å². The standard InChI is InChI=1S/C19H23N3O5/c1-3-26-19(24)14-5-4-10-22(12-14)17(23)11-16-20-18(21-27-16)13-6-8-15(25-2)9-7-13/h6-9,14H,3-5,10-12H2,1-2H3. The van der Waals surface area contributed by atoms with Gasteiger partial charge in [0.1, 0.15) is 12.2 Å². The molecule has 0 bridgehead atoms. The Labute approximate surface area is 157 Å². The fourth-order valence-electron chi connectivity index (χ4n) is 3.08. The van der Waals surface area contributed by atoms with Gasteiger partial charge in [-0.1, -0.05) is 5.16 Å². The molecule has 27 heavy (non-hydrogen) atoms. The SMILES string of the molecule is CCOC(=O)C1CCCN(C(=O)Cc2nc(-c3ccc(OC)cc3)no2)C1. The number of hydrogen-bond donors (Lipinski definition) is 0. The normalized spacial score (nSPS) is 16.8. The van der Waals surface area contributed by atoms with Crippen LogP contribution in [0, 0.1) is 5.92 Å². The lowest BCUT2D eigenvalue weighted by molar-refractivity contribution is -0.151. The smallest absolute Gasteiger partial charge is 0.310 e. The Bertz CT molecular complexity index is 787. The molecule has 2 aromatic rings. The lowest BCUT2D eigenvalue weighted by Crippen LogP contribution is -2.43. The Balaban J connectivity index is 1.61. The van der Waals surface area contributed by atoms with Crippen LogP contribution in [0.15, 0.2) is 28.8 Å². The first-order valence-corrected chi connectivity index (χ1v) is 9.02. The summed E-state index contributed by atoms with van der Waals surface area (Å²) < 4.78 is 15.4. The molecular weight excluding hydrogens is 350 g/mol. The quantitative estimate of drug-likeness (QED) is 0.716. The van der Waals surface area contributed by atoms with E-state index in [9.17, 15) is 9.59 Å². The van der Waals surface area contributed by atoms with Crippen molar-refractivity contribution in [2.24, 2.45) is 5.92 Å². The maximum Gasteiger partial charge on any atom is 0.310 e. The number of carbonyl (C=O) groups is 2. The summed E-state index contributed by atoms with van der Waals surface area (Å²) in [5.74, 6) is 0.773. The lowest BCUT2D eigenvalue weighted by atomic mass is 9.98. The average molecular weight is 373 g/mol. The van der Waals surface area contributed by atoms with E-state index in [1.54, 1.807) is 31.1 Å². The molecule has 2 heterocycles. The summed E-state index contributed by atoms with van der Waals surface area (Å²) in [7, 11) is 1.60. The third-order valence-electron chi connectivity index (χ3n) is 4.51. The van der Waals surface area contributed by atoms with Gasteiger partial charge < -0.3 is 18.9 Å². The molecule has 0 radical (unpaired) electrons. The van der Waals surface area contributed by atoms with E-state index in [0.717, 1.165) is 24.2 Å². The monoisotopic (exact) mass is 373 g/mol. The zero-order chi connectivity index (χ0) is 19.2. The second-order valence-corrected chi connectivity index (χ2v) is 6.35. The summed E-state index contributed by atoms with van der Waals surface area (Å²) in [6, 6.07) is 7.26. The predicted molar refractivity (Wildman–Crippen MR) is 95.9 cm³/mol. The number of piperidine rings is 1. The van der Waals surface area contributed by atoms with E-state index in [1.807, 2.05) is 12.1 Å². The summed E-state index contributed by atoms with van der Waals surface area (Å²) >= 11 is 0. The number of esters is 1. The largest absolute Gasteiger partial charge is 0.497 e. The van der Waals surface area contributed by atoms with Gasteiger partial charge in [0, 0.05) is 18.7 Å². The average Bonchev–Trinajstić information content (AvgIpc) is 3.16. The summed E-state index contributed by atoms with van der Waals surface area (Å²) in [6.45, 7) is 3.12. The van der Waals surface area contributed by atoms with E-state index < -0.39 is 0 Å². The number of nitrogens with zero attached hydrogens (tertiary/aromatic N) is 3. The molecule has 1 atom stereocenters. The van der Waals surface area contributed by atoms with Gasteiger partial charge in [0.2, 0.25) is 17.6 Å². The van der Waals surface area contributed by atoms with Gasteiger partial charge in [0.05, 0.1) is 19.6 Å². The van der Waals surface area contributed by atoms with E-state index in [1.165, 1.54) is 0 Å². The molecule has 1 amide bonds. The Hall–Kier alpha value is -2.90. The first kappa shape index (κ1) is 18.9. The number of methoxy groups -OCH3 is 1. The molecule has 1 aliphatic heterocycles. The highest BCUT2D eigenvalue weighted by atomic mass is 16.5. The fraction of sp³-hybridized carbons (Fsp3) is 0.474. The molecule has 0 saturated carbocycles. The maximum atomic E-state index is 12.6. The van der Waals surface area contributed by atoms with E-state index in [-0.39, 0.29) is 30.1 Å². The van der Waals surface area contributed by atoms with Gasteiger partial charge >= 0.3 is 5.97 Å². The number of aromatic nitrogens is 2. The molecule has 8 heteroatoms. The molecule has 0 N–H and O–H groups in total. The molecule has 1 fully saturated rings. The number of ether oxygens (including phenoxy) is 2. The van der Waals surface area contributed by atoms with Crippen molar-refractivity contribution in [1.29, 1.82) is 0 Å². The van der Waals surface area contributed by atoms with Crippen LogP contribution in [-0.2, 0) is 20.7 Å². The highest BCUT2D eigenvalue weighted by Gasteiger charge is 2.30.